The molecule has 1 saturated heterocycles. The molecule has 0 saturated carbocycles. The van der Waals surface area contributed by atoms with Gasteiger partial charge in [-0.3, -0.25) is 0 Å². The topological polar surface area (TPSA) is 58.2 Å². The van der Waals surface area contributed by atoms with Crippen molar-refractivity contribution in [2.75, 3.05) is 13.1 Å². The third-order valence-electron chi connectivity index (χ3n) is 2.77. The largest absolute Gasteiger partial charge is 0.315 e. The van der Waals surface area contributed by atoms with Crippen LogP contribution in [0, 0.1) is 0 Å². The fraction of sp³-hybridized carbons (Fsp3) is 0.455. The highest BCUT2D eigenvalue weighted by molar-refractivity contribution is 7.89. The number of piperidine rings is 1. The van der Waals surface area contributed by atoms with Crippen LogP contribution in [0.5, 0.6) is 0 Å². The first kappa shape index (κ1) is 14.1. The SMILES string of the molecule is O=S(=O)(NC1CCCNC1)c1cc(Cl)cc(Cl)c1. The molecule has 4 nitrogen and oxygen atoms in total. The lowest BCUT2D eigenvalue weighted by Gasteiger charge is -2.23. The summed E-state index contributed by atoms with van der Waals surface area (Å²) in [4.78, 5) is 0.102. The molecule has 1 unspecified atom stereocenters. The van der Waals surface area contributed by atoms with Crippen LogP contribution >= 0.6 is 23.2 Å². The van der Waals surface area contributed by atoms with Gasteiger partial charge in [-0.2, -0.15) is 0 Å². The maximum absolute atomic E-state index is 12.1. The second kappa shape index (κ2) is 5.75. The Kier molecular flexibility index (Phi) is 4.50. The monoisotopic (exact) mass is 308 g/mol. The highest BCUT2D eigenvalue weighted by atomic mass is 35.5. The van der Waals surface area contributed by atoms with Crippen molar-refractivity contribution in [2.24, 2.45) is 0 Å². The molecule has 1 atom stereocenters. The summed E-state index contributed by atoms with van der Waals surface area (Å²) in [5, 5.41) is 3.77. The van der Waals surface area contributed by atoms with E-state index in [1.54, 1.807) is 0 Å². The smallest absolute Gasteiger partial charge is 0.240 e. The van der Waals surface area contributed by atoms with Gasteiger partial charge >= 0.3 is 0 Å². The van der Waals surface area contributed by atoms with Gasteiger partial charge in [0.1, 0.15) is 0 Å². The number of nitrogens with one attached hydrogen (secondary N) is 2. The Balaban J connectivity index is 2.19. The molecule has 0 radical (unpaired) electrons. The summed E-state index contributed by atoms with van der Waals surface area (Å²) in [5.74, 6) is 0. The minimum atomic E-state index is -3.56. The number of rotatable bonds is 3. The Morgan fingerprint density at radius 2 is 1.89 bits per heavy atom. The molecule has 18 heavy (non-hydrogen) atoms. The lowest BCUT2D eigenvalue weighted by atomic mass is 10.1. The second-order valence-electron chi connectivity index (χ2n) is 4.27. The van der Waals surface area contributed by atoms with Gasteiger partial charge in [0, 0.05) is 22.6 Å². The quantitative estimate of drug-likeness (QED) is 0.898. The minimum absolute atomic E-state index is 0.0819. The summed E-state index contributed by atoms with van der Waals surface area (Å²) in [6.45, 7) is 1.58. The molecule has 0 aliphatic carbocycles. The van der Waals surface area contributed by atoms with E-state index in [9.17, 15) is 8.42 Å². The first-order valence-electron chi connectivity index (χ1n) is 5.66. The van der Waals surface area contributed by atoms with Gasteiger partial charge in [-0.25, -0.2) is 13.1 Å². The van der Waals surface area contributed by atoms with Crippen molar-refractivity contribution in [1.82, 2.24) is 10.0 Å². The zero-order chi connectivity index (χ0) is 13.2. The molecule has 7 heteroatoms. The lowest BCUT2D eigenvalue weighted by Crippen LogP contribution is -2.45. The molecular weight excluding hydrogens is 295 g/mol. The average molecular weight is 309 g/mol. The molecule has 0 aromatic heterocycles. The van der Waals surface area contributed by atoms with Gasteiger partial charge in [0.2, 0.25) is 10.0 Å². The second-order valence-corrected chi connectivity index (χ2v) is 6.86. The van der Waals surface area contributed by atoms with Crippen molar-refractivity contribution in [3.05, 3.63) is 28.2 Å². The molecule has 2 rings (SSSR count). The average Bonchev–Trinajstić information content (AvgIpc) is 2.28. The molecule has 1 aromatic rings. The van der Waals surface area contributed by atoms with Crippen molar-refractivity contribution in [2.45, 2.75) is 23.8 Å². The predicted molar refractivity (Wildman–Crippen MR) is 72.7 cm³/mol. The molecule has 0 spiro atoms. The third-order valence-corrected chi connectivity index (χ3v) is 4.70. The van der Waals surface area contributed by atoms with Gasteiger partial charge in [0.25, 0.3) is 0 Å². The van der Waals surface area contributed by atoms with Crippen molar-refractivity contribution < 1.29 is 8.42 Å². The van der Waals surface area contributed by atoms with E-state index < -0.39 is 10.0 Å². The number of benzene rings is 1. The molecule has 0 amide bonds. The summed E-state index contributed by atoms with van der Waals surface area (Å²) >= 11 is 11.6. The summed E-state index contributed by atoms with van der Waals surface area (Å²) < 4.78 is 27.0. The van der Waals surface area contributed by atoms with Crippen LogP contribution in [0.1, 0.15) is 12.8 Å². The molecule has 1 aliphatic heterocycles. The van der Waals surface area contributed by atoms with E-state index in [0.717, 1.165) is 19.4 Å². The van der Waals surface area contributed by atoms with Gasteiger partial charge in [-0.1, -0.05) is 23.2 Å². The van der Waals surface area contributed by atoms with E-state index in [1.807, 2.05) is 0 Å². The van der Waals surface area contributed by atoms with Crippen LogP contribution in [0.25, 0.3) is 0 Å². The predicted octanol–water partition coefficient (Wildman–Crippen LogP) is 2.02. The van der Waals surface area contributed by atoms with Crippen molar-refractivity contribution in [3.8, 4) is 0 Å². The number of hydrogen-bond donors (Lipinski definition) is 2. The van der Waals surface area contributed by atoms with Gasteiger partial charge in [-0.05, 0) is 37.6 Å². The van der Waals surface area contributed by atoms with Gasteiger partial charge in [-0.15, -0.1) is 0 Å². The third kappa shape index (κ3) is 3.59. The van der Waals surface area contributed by atoms with E-state index in [4.69, 9.17) is 23.2 Å². The normalized spacial score (nSPS) is 20.9. The number of hydrogen-bond acceptors (Lipinski definition) is 3. The van der Waals surface area contributed by atoms with E-state index in [2.05, 4.69) is 10.0 Å². The van der Waals surface area contributed by atoms with Crippen LogP contribution in [0.3, 0.4) is 0 Å². The van der Waals surface area contributed by atoms with E-state index in [0.29, 0.717) is 16.6 Å². The zero-order valence-corrected chi connectivity index (χ0v) is 11.9. The first-order chi connectivity index (χ1) is 8.47. The molecule has 1 aromatic carbocycles. The molecule has 2 N–H and O–H groups in total. The Bertz CT molecular complexity index is 508. The Labute approximate surface area is 117 Å². The molecule has 100 valence electrons. The van der Waals surface area contributed by atoms with E-state index in [1.165, 1.54) is 18.2 Å². The molecule has 0 bridgehead atoms. The van der Waals surface area contributed by atoms with Crippen LogP contribution in [0.2, 0.25) is 10.0 Å². The fourth-order valence-corrected chi connectivity index (χ4v) is 3.92. The van der Waals surface area contributed by atoms with Crippen LogP contribution in [0.15, 0.2) is 23.1 Å². The first-order valence-corrected chi connectivity index (χ1v) is 7.90. The minimum Gasteiger partial charge on any atom is -0.315 e. The summed E-state index contributed by atoms with van der Waals surface area (Å²) in [7, 11) is -3.56. The zero-order valence-electron chi connectivity index (χ0n) is 9.62. The van der Waals surface area contributed by atoms with E-state index >= 15 is 0 Å². The van der Waals surface area contributed by atoms with Crippen molar-refractivity contribution >= 4 is 33.2 Å². The maximum atomic E-state index is 12.1. The van der Waals surface area contributed by atoms with Crippen LogP contribution in [-0.2, 0) is 10.0 Å². The number of halogens is 2. The van der Waals surface area contributed by atoms with Gasteiger partial charge in [0.05, 0.1) is 4.90 Å². The Morgan fingerprint density at radius 1 is 1.22 bits per heavy atom. The summed E-state index contributed by atoms with van der Waals surface area (Å²) in [6, 6.07) is 4.21. The fourth-order valence-electron chi connectivity index (χ4n) is 1.92. The molecule has 1 aliphatic rings. The van der Waals surface area contributed by atoms with Crippen molar-refractivity contribution in [3.63, 3.8) is 0 Å². The molecule has 1 heterocycles. The van der Waals surface area contributed by atoms with E-state index in [-0.39, 0.29) is 10.9 Å². The maximum Gasteiger partial charge on any atom is 0.240 e. The van der Waals surface area contributed by atoms with Crippen molar-refractivity contribution in [1.29, 1.82) is 0 Å². The van der Waals surface area contributed by atoms with Gasteiger partial charge in [0.15, 0.2) is 0 Å². The highest BCUT2D eigenvalue weighted by Crippen LogP contribution is 2.22. The summed E-state index contributed by atoms with van der Waals surface area (Å²) in [5.41, 5.74) is 0. The molecule has 1 fully saturated rings. The lowest BCUT2D eigenvalue weighted by molar-refractivity contribution is 0.428. The van der Waals surface area contributed by atoms with Crippen LogP contribution in [0.4, 0.5) is 0 Å². The Hall–Kier alpha value is -0.330. The Morgan fingerprint density at radius 3 is 2.44 bits per heavy atom. The number of sulfonamides is 1. The van der Waals surface area contributed by atoms with Crippen LogP contribution < -0.4 is 10.0 Å². The molecular formula is C11H14Cl2N2O2S. The highest BCUT2D eigenvalue weighted by Gasteiger charge is 2.22. The van der Waals surface area contributed by atoms with Crippen LogP contribution in [-0.4, -0.2) is 27.5 Å². The standard InChI is InChI=1S/C11H14Cl2N2O2S/c12-8-4-9(13)6-11(5-8)18(16,17)15-10-2-1-3-14-7-10/h4-6,10,14-15H,1-3,7H2. The summed E-state index contributed by atoms with van der Waals surface area (Å²) in [6.07, 6.45) is 1.80. The van der Waals surface area contributed by atoms with Gasteiger partial charge < -0.3 is 5.32 Å².